The van der Waals surface area contributed by atoms with Gasteiger partial charge in [-0.1, -0.05) is 0 Å². The first-order chi connectivity index (χ1) is 13.9. The summed E-state index contributed by atoms with van der Waals surface area (Å²) in [6.07, 6.45) is 8.00. The van der Waals surface area contributed by atoms with Crippen molar-refractivity contribution in [3.05, 3.63) is 48.4 Å². The van der Waals surface area contributed by atoms with Crippen molar-refractivity contribution in [1.29, 1.82) is 5.26 Å². The molecule has 2 heterocycles. The Kier molecular flexibility index (Phi) is 4.93. The monoisotopic (exact) mass is 388 g/mol. The summed E-state index contributed by atoms with van der Waals surface area (Å²) in [4.78, 5) is 9.09. The highest BCUT2D eigenvalue weighted by atomic mass is 16.5. The van der Waals surface area contributed by atoms with Crippen molar-refractivity contribution in [1.82, 2.24) is 19.7 Å². The number of benzene rings is 1. The van der Waals surface area contributed by atoms with Crippen LogP contribution in [0.4, 0.5) is 11.6 Å². The first-order valence-electron chi connectivity index (χ1n) is 9.73. The predicted molar refractivity (Wildman–Crippen MR) is 111 cm³/mol. The fourth-order valence-corrected chi connectivity index (χ4v) is 2.87. The van der Waals surface area contributed by atoms with Crippen LogP contribution in [-0.2, 0) is 0 Å². The van der Waals surface area contributed by atoms with Gasteiger partial charge in [-0.3, -0.25) is 4.68 Å². The Bertz CT molecular complexity index is 1040. The van der Waals surface area contributed by atoms with Crippen molar-refractivity contribution in [2.75, 3.05) is 11.9 Å². The molecule has 2 aromatic heterocycles. The molecule has 0 bridgehead atoms. The summed E-state index contributed by atoms with van der Waals surface area (Å²) in [5, 5.41) is 16.7. The van der Waals surface area contributed by atoms with Crippen LogP contribution in [0, 0.1) is 23.7 Å². The second-order valence-corrected chi connectivity index (χ2v) is 8.10. The van der Waals surface area contributed by atoms with Gasteiger partial charge in [0.15, 0.2) is 0 Å². The van der Waals surface area contributed by atoms with E-state index < -0.39 is 5.41 Å². The third kappa shape index (κ3) is 4.54. The molecular formula is C22H24N6O. The fraction of sp³-hybridized carbons (Fsp3) is 0.364. The molecule has 1 N–H and O–H groups in total. The number of nitriles is 1. The zero-order valence-corrected chi connectivity index (χ0v) is 16.9. The van der Waals surface area contributed by atoms with Gasteiger partial charge in [0.05, 0.1) is 35.1 Å². The number of aryl methyl sites for hydroxylation is 1. The molecule has 0 spiro atoms. The lowest BCUT2D eigenvalue weighted by molar-refractivity contribution is 0.227. The molecule has 4 rings (SSSR count). The summed E-state index contributed by atoms with van der Waals surface area (Å²) in [6, 6.07) is 10.5. The van der Waals surface area contributed by atoms with Crippen LogP contribution in [0.5, 0.6) is 5.75 Å². The van der Waals surface area contributed by atoms with Crippen LogP contribution in [0.25, 0.3) is 11.3 Å². The second kappa shape index (κ2) is 7.55. The summed E-state index contributed by atoms with van der Waals surface area (Å²) in [7, 11) is 0. The molecule has 1 saturated carbocycles. The van der Waals surface area contributed by atoms with Gasteiger partial charge < -0.3 is 10.1 Å². The second-order valence-electron chi connectivity index (χ2n) is 8.10. The topological polar surface area (TPSA) is 88.7 Å². The predicted octanol–water partition coefficient (Wildman–Crippen LogP) is 4.66. The Morgan fingerprint density at radius 3 is 2.69 bits per heavy atom. The SMILES string of the molecule is Cc1cnc(Nc2cnn(C3CC3)c2)nc1-c1ccc(OCC(C)(C)C#N)cc1. The molecule has 0 aliphatic heterocycles. The van der Waals surface area contributed by atoms with E-state index >= 15 is 0 Å². The van der Waals surface area contributed by atoms with Crippen molar-refractivity contribution in [2.45, 2.75) is 39.7 Å². The lowest BCUT2D eigenvalue weighted by Gasteiger charge is -2.16. The van der Waals surface area contributed by atoms with E-state index in [-0.39, 0.29) is 0 Å². The summed E-state index contributed by atoms with van der Waals surface area (Å²) >= 11 is 0. The molecule has 0 unspecified atom stereocenters. The molecule has 148 valence electrons. The molecule has 29 heavy (non-hydrogen) atoms. The Morgan fingerprint density at radius 2 is 2.00 bits per heavy atom. The number of hydrogen-bond donors (Lipinski definition) is 1. The first-order valence-corrected chi connectivity index (χ1v) is 9.73. The Morgan fingerprint density at radius 1 is 1.24 bits per heavy atom. The molecule has 0 radical (unpaired) electrons. The number of ether oxygens (including phenoxy) is 1. The van der Waals surface area contributed by atoms with Gasteiger partial charge in [0.25, 0.3) is 0 Å². The first kappa shape index (κ1) is 18.9. The van der Waals surface area contributed by atoms with Gasteiger partial charge in [-0.2, -0.15) is 10.4 Å². The van der Waals surface area contributed by atoms with Gasteiger partial charge in [0, 0.05) is 18.0 Å². The Hall–Kier alpha value is -3.40. The van der Waals surface area contributed by atoms with Crippen LogP contribution in [0.1, 0.15) is 38.3 Å². The third-order valence-electron chi connectivity index (χ3n) is 4.78. The van der Waals surface area contributed by atoms with E-state index in [1.165, 1.54) is 12.8 Å². The summed E-state index contributed by atoms with van der Waals surface area (Å²) in [5.74, 6) is 1.27. The highest BCUT2D eigenvalue weighted by Gasteiger charge is 2.24. The van der Waals surface area contributed by atoms with E-state index in [0.29, 0.717) is 18.6 Å². The standard InChI is InChI=1S/C22H24N6O/c1-15-10-24-21(26-17-11-25-28(12-17)18-6-7-18)27-20(15)16-4-8-19(9-5-16)29-14-22(2,3)13-23/h4-5,8-12,18H,6-7,14H2,1-3H3,(H,24,26,27). The van der Waals surface area contributed by atoms with Crippen LogP contribution in [0.3, 0.4) is 0 Å². The average Bonchev–Trinajstić information content (AvgIpc) is 3.48. The zero-order valence-electron chi connectivity index (χ0n) is 16.9. The number of nitrogens with zero attached hydrogens (tertiary/aromatic N) is 5. The summed E-state index contributed by atoms with van der Waals surface area (Å²) in [5.41, 5.74) is 3.20. The molecule has 1 fully saturated rings. The Labute approximate surface area is 170 Å². The van der Waals surface area contributed by atoms with Gasteiger partial charge in [-0.25, -0.2) is 9.97 Å². The van der Waals surface area contributed by atoms with Crippen LogP contribution in [-0.4, -0.2) is 26.4 Å². The molecule has 0 saturated heterocycles. The van der Waals surface area contributed by atoms with Crippen molar-refractivity contribution < 1.29 is 4.74 Å². The molecule has 1 aliphatic carbocycles. The van der Waals surface area contributed by atoms with Crippen LogP contribution < -0.4 is 10.1 Å². The van der Waals surface area contributed by atoms with Crippen LogP contribution >= 0.6 is 0 Å². The lowest BCUT2D eigenvalue weighted by atomic mass is 9.98. The van der Waals surface area contributed by atoms with Crippen LogP contribution in [0.2, 0.25) is 0 Å². The minimum Gasteiger partial charge on any atom is -0.492 e. The fourth-order valence-electron chi connectivity index (χ4n) is 2.87. The smallest absolute Gasteiger partial charge is 0.227 e. The average molecular weight is 388 g/mol. The van der Waals surface area contributed by atoms with Crippen molar-refractivity contribution in [3.63, 3.8) is 0 Å². The normalized spacial score (nSPS) is 13.7. The zero-order chi connectivity index (χ0) is 20.4. The Balaban J connectivity index is 1.48. The maximum absolute atomic E-state index is 9.10. The van der Waals surface area contributed by atoms with Gasteiger partial charge in [-0.15, -0.1) is 0 Å². The molecular weight excluding hydrogens is 364 g/mol. The maximum atomic E-state index is 9.10. The van der Waals surface area contributed by atoms with E-state index in [0.717, 1.165) is 28.3 Å². The van der Waals surface area contributed by atoms with E-state index in [2.05, 4.69) is 21.5 Å². The highest BCUT2D eigenvalue weighted by Crippen LogP contribution is 2.34. The minimum absolute atomic E-state index is 0.345. The number of hydrogen-bond acceptors (Lipinski definition) is 6. The molecule has 7 heteroatoms. The molecule has 3 aromatic rings. The van der Waals surface area contributed by atoms with Crippen molar-refractivity contribution in [3.8, 4) is 23.1 Å². The van der Waals surface area contributed by atoms with Gasteiger partial charge in [0.1, 0.15) is 12.4 Å². The van der Waals surface area contributed by atoms with Gasteiger partial charge >= 0.3 is 0 Å². The maximum Gasteiger partial charge on any atom is 0.227 e. The van der Waals surface area contributed by atoms with E-state index in [1.54, 1.807) is 6.20 Å². The van der Waals surface area contributed by atoms with Crippen LogP contribution in [0.15, 0.2) is 42.9 Å². The van der Waals surface area contributed by atoms with Crippen molar-refractivity contribution in [2.24, 2.45) is 5.41 Å². The number of nitrogens with one attached hydrogen (secondary N) is 1. The largest absolute Gasteiger partial charge is 0.492 e. The molecule has 0 atom stereocenters. The number of anilines is 2. The molecule has 1 aliphatic rings. The number of aromatic nitrogens is 4. The summed E-state index contributed by atoms with van der Waals surface area (Å²) < 4.78 is 7.73. The van der Waals surface area contributed by atoms with E-state index in [4.69, 9.17) is 15.0 Å². The minimum atomic E-state index is -0.518. The quantitative estimate of drug-likeness (QED) is 0.633. The third-order valence-corrected chi connectivity index (χ3v) is 4.78. The molecule has 7 nitrogen and oxygen atoms in total. The van der Waals surface area contributed by atoms with E-state index in [9.17, 15) is 0 Å². The van der Waals surface area contributed by atoms with Crippen molar-refractivity contribution >= 4 is 11.6 Å². The highest BCUT2D eigenvalue weighted by molar-refractivity contribution is 5.65. The molecule has 0 amide bonds. The van der Waals surface area contributed by atoms with Gasteiger partial charge in [0.2, 0.25) is 5.95 Å². The molecule has 1 aromatic carbocycles. The lowest BCUT2D eigenvalue weighted by Crippen LogP contribution is -2.18. The van der Waals surface area contributed by atoms with E-state index in [1.807, 2.05) is 62.1 Å². The number of rotatable bonds is 7. The van der Waals surface area contributed by atoms with Gasteiger partial charge in [-0.05, 0) is 63.4 Å². The summed E-state index contributed by atoms with van der Waals surface area (Å²) in [6.45, 7) is 6.05.